The van der Waals surface area contributed by atoms with Crippen molar-refractivity contribution in [3.63, 3.8) is 0 Å². The van der Waals surface area contributed by atoms with Crippen LogP contribution in [0.15, 0.2) is 18.2 Å². The fourth-order valence-electron chi connectivity index (χ4n) is 3.63. The number of rotatable bonds is 5. The van der Waals surface area contributed by atoms with Crippen LogP contribution < -0.4 is 15.2 Å². The van der Waals surface area contributed by atoms with Crippen LogP contribution in [-0.4, -0.2) is 55.4 Å². The lowest BCUT2D eigenvalue weighted by Crippen LogP contribution is -2.47. The third kappa shape index (κ3) is 3.14. The Kier molecular flexibility index (Phi) is 4.73. The van der Waals surface area contributed by atoms with Crippen molar-refractivity contribution in [3.05, 3.63) is 23.8 Å². The van der Waals surface area contributed by atoms with Gasteiger partial charge in [-0.3, -0.25) is 4.79 Å². The monoisotopic (exact) mass is 320 g/mol. The van der Waals surface area contributed by atoms with Crippen LogP contribution in [0.2, 0.25) is 0 Å². The average Bonchev–Trinajstić information content (AvgIpc) is 2.79. The highest BCUT2D eigenvalue weighted by Gasteiger charge is 2.42. The molecule has 3 rings (SSSR count). The zero-order chi connectivity index (χ0) is 16.4. The summed E-state index contributed by atoms with van der Waals surface area (Å²) in [6.45, 7) is 2.02. The maximum absolute atomic E-state index is 12.8. The van der Waals surface area contributed by atoms with Gasteiger partial charge in [-0.25, -0.2) is 0 Å². The van der Waals surface area contributed by atoms with E-state index < -0.39 is 0 Å². The number of carbonyl (C=O) groups is 1. The third-order valence-electron chi connectivity index (χ3n) is 4.86. The number of methoxy groups -OCH3 is 1. The molecule has 1 amide bonds. The predicted molar refractivity (Wildman–Crippen MR) is 85.7 cm³/mol. The summed E-state index contributed by atoms with van der Waals surface area (Å²) in [5.74, 6) is 1.52. The molecule has 1 saturated heterocycles. The van der Waals surface area contributed by atoms with Crippen molar-refractivity contribution in [2.24, 2.45) is 17.6 Å². The molecule has 126 valence electrons. The Morgan fingerprint density at radius 3 is 2.61 bits per heavy atom. The van der Waals surface area contributed by atoms with Gasteiger partial charge in [-0.1, -0.05) is 0 Å². The van der Waals surface area contributed by atoms with Crippen LogP contribution in [0.4, 0.5) is 0 Å². The van der Waals surface area contributed by atoms with Crippen molar-refractivity contribution >= 4 is 5.91 Å². The van der Waals surface area contributed by atoms with E-state index in [0.717, 1.165) is 12.8 Å². The van der Waals surface area contributed by atoms with E-state index in [2.05, 4.69) is 0 Å². The smallest absolute Gasteiger partial charge is 0.254 e. The highest BCUT2D eigenvalue weighted by Crippen LogP contribution is 2.37. The minimum absolute atomic E-state index is 0.0194. The standard InChI is InChI=1S/C17H24N2O4/c1-22-14-5-4-11(8-15(14)23-7-6-18)17(21)19-9-12-2-3-13(10-19)16(12)20/h4-5,8,12-13,16,20H,2-3,6-7,9-10,18H2,1H3. The SMILES string of the molecule is COc1ccc(C(=O)N2CC3CCC(C2)C3O)cc1OCCN. The van der Waals surface area contributed by atoms with Crippen LogP contribution in [0.5, 0.6) is 11.5 Å². The second kappa shape index (κ2) is 6.76. The van der Waals surface area contributed by atoms with E-state index in [1.54, 1.807) is 25.3 Å². The van der Waals surface area contributed by atoms with Crippen molar-refractivity contribution in [1.82, 2.24) is 4.90 Å². The maximum atomic E-state index is 12.8. The molecule has 1 aliphatic heterocycles. The van der Waals surface area contributed by atoms with Gasteiger partial charge in [0.2, 0.25) is 0 Å². The Morgan fingerprint density at radius 1 is 1.30 bits per heavy atom. The van der Waals surface area contributed by atoms with E-state index in [4.69, 9.17) is 15.2 Å². The van der Waals surface area contributed by atoms with Crippen LogP contribution in [-0.2, 0) is 0 Å². The van der Waals surface area contributed by atoms with Crippen LogP contribution >= 0.6 is 0 Å². The predicted octanol–water partition coefficient (Wildman–Crippen LogP) is 0.876. The molecular weight excluding hydrogens is 296 g/mol. The van der Waals surface area contributed by atoms with Gasteiger partial charge in [0.05, 0.1) is 13.2 Å². The minimum Gasteiger partial charge on any atom is -0.493 e. The minimum atomic E-state index is -0.252. The highest BCUT2D eigenvalue weighted by atomic mass is 16.5. The van der Waals surface area contributed by atoms with E-state index in [-0.39, 0.29) is 23.8 Å². The largest absolute Gasteiger partial charge is 0.493 e. The van der Waals surface area contributed by atoms with E-state index in [1.807, 2.05) is 4.90 Å². The summed E-state index contributed by atoms with van der Waals surface area (Å²) >= 11 is 0. The number of hydrogen-bond donors (Lipinski definition) is 2. The zero-order valence-electron chi connectivity index (χ0n) is 13.4. The summed E-state index contributed by atoms with van der Waals surface area (Å²) in [6.07, 6.45) is 1.75. The first-order chi connectivity index (χ1) is 11.1. The quantitative estimate of drug-likeness (QED) is 0.841. The number of benzene rings is 1. The van der Waals surface area contributed by atoms with Crippen molar-refractivity contribution in [2.45, 2.75) is 18.9 Å². The van der Waals surface area contributed by atoms with Gasteiger partial charge in [0.1, 0.15) is 6.61 Å². The van der Waals surface area contributed by atoms with Crippen LogP contribution in [0.25, 0.3) is 0 Å². The zero-order valence-corrected chi connectivity index (χ0v) is 13.4. The molecule has 1 heterocycles. The van der Waals surface area contributed by atoms with Crippen molar-refractivity contribution in [3.8, 4) is 11.5 Å². The molecule has 2 fully saturated rings. The summed E-state index contributed by atoms with van der Waals surface area (Å²) in [5, 5.41) is 10.1. The Morgan fingerprint density at radius 2 is 2.00 bits per heavy atom. The van der Waals surface area contributed by atoms with Crippen LogP contribution in [0, 0.1) is 11.8 Å². The number of nitrogens with two attached hydrogens (primary N) is 1. The van der Waals surface area contributed by atoms with Gasteiger partial charge in [0.25, 0.3) is 5.91 Å². The van der Waals surface area contributed by atoms with E-state index >= 15 is 0 Å². The topological polar surface area (TPSA) is 85.0 Å². The summed E-state index contributed by atoms with van der Waals surface area (Å²) in [4.78, 5) is 14.6. The second-order valence-corrected chi connectivity index (χ2v) is 6.30. The molecule has 2 unspecified atom stereocenters. The van der Waals surface area contributed by atoms with Gasteiger partial charge in [0, 0.05) is 37.0 Å². The first-order valence-electron chi connectivity index (χ1n) is 8.12. The Bertz CT molecular complexity index is 564. The number of fused-ring (bicyclic) bond motifs is 2. The van der Waals surface area contributed by atoms with Gasteiger partial charge in [0.15, 0.2) is 11.5 Å². The summed E-state index contributed by atoms with van der Waals surface area (Å²) in [6, 6.07) is 5.21. The summed E-state index contributed by atoms with van der Waals surface area (Å²) in [7, 11) is 1.57. The molecule has 2 aliphatic rings. The first-order valence-corrected chi connectivity index (χ1v) is 8.12. The van der Waals surface area contributed by atoms with Gasteiger partial charge in [-0.05, 0) is 31.0 Å². The molecule has 1 aliphatic carbocycles. The average molecular weight is 320 g/mol. The van der Waals surface area contributed by atoms with Gasteiger partial charge < -0.3 is 25.2 Å². The normalized spacial score (nSPS) is 26.2. The lowest BCUT2D eigenvalue weighted by Gasteiger charge is -2.35. The van der Waals surface area contributed by atoms with Crippen LogP contribution in [0.1, 0.15) is 23.2 Å². The molecular formula is C17H24N2O4. The molecule has 1 aromatic carbocycles. The first kappa shape index (κ1) is 16.1. The van der Waals surface area contributed by atoms with Crippen molar-refractivity contribution < 1.29 is 19.4 Å². The lowest BCUT2D eigenvalue weighted by atomic mass is 9.94. The molecule has 6 heteroatoms. The number of amides is 1. The third-order valence-corrected chi connectivity index (χ3v) is 4.86. The number of piperidine rings is 1. The van der Waals surface area contributed by atoms with Gasteiger partial charge in [-0.2, -0.15) is 0 Å². The lowest BCUT2D eigenvalue weighted by molar-refractivity contribution is 0.0166. The molecule has 2 bridgehead atoms. The van der Waals surface area contributed by atoms with E-state index in [1.165, 1.54) is 0 Å². The van der Waals surface area contributed by atoms with E-state index in [9.17, 15) is 9.90 Å². The van der Waals surface area contributed by atoms with Gasteiger partial charge in [-0.15, -0.1) is 0 Å². The number of aliphatic hydroxyl groups excluding tert-OH is 1. The fourth-order valence-corrected chi connectivity index (χ4v) is 3.63. The number of carbonyl (C=O) groups excluding carboxylic acids is 1. The number of ether oxygens (including phenoxy) is 2. The molecule has 6 nitrogen and oxygen atoms in total. The van der Waals surface area contributed by atoms with Crippen molar-refractivity contribution in [1.29, 1.82) is 0 Å². The number of aliphatic hydroxyl groups is 1. The van der Waals surface area contributed by atoms with Gasteiger partial charge >= 0.3 is 0 Å². The number of hydrogen-bond acceptors (Lipinski definition) is 5. The molecule has 2 atom stereocenters. The molecule has 0 radical (unpaired) electrons. The van der Waals surface area contributed by atoms with Crippen molar-refractivity contribution in [2.75, 3.05) is 33.4 Å². The maximum Gasteiger partial charge on any atom is 0.254 e. The molecule has 1 aromatic rings. The Balaban J connectivity index is 1.77. The molecule has 0 aromatic heterocycles. The number of nitrogens with zero attached hydrogens (tertiary/aromatic N) is 1. The van der Waals surface area contributed by atoms with E-state index in [0.29, 0.717) is 43.3 Å². The molecule has 3 N–H and O–H groups in total. The fraction of sp³-hybridized carbons (Fsp3) is 0.588. The molecule has 0 spiro atoms. The second-order valence-electron chi connectivity index (χ2n) is 6.30. The summed E-state index contributed by atoms with van der Waals surface area (Å²) in [5.41, 5.74) is 6.05. The Labute approximate surface area is 136 Å². The molecule has 1 saturated carbocycles. The summed E-state index contributed by atoms with van der Waals surface area (Å²) < 4.78 is 10.8. The van der Waals surface area contributed by atoms with Crippen LogP contribution in [0.3, 0.4) is 0 Å². The Hall–Kier alpha value is -1.79. The molecule has 23 heavy (non-hydrogen) atoms. The highest BCUT2D eigenvalue weighted by molar-refractivity contribution is 5.95. The number of likely N-dealkylation sites (tertiary alicyclic amines) is 1.